The summed E-state index contributed by atoms with van der Waals surface area (Å²) in [6.07, 6.45) is 13.7. The standard InChI is InChI=1S/C25H27BrN4O2S/c1-28-22(18-5-12-30-20(14-18)15-27-33-30)21(17-3-2-4-19(26)13-17)23(31)29(28)16-24-6-9-25(32,10-7-24)11-8-24/h2-5,12-15,27,32H,6-11,16H2,1H3. The second kappa shape index (κ2) is 7.68. The lowest BCUT2D eigenvalue weighted by atomic mass is 9.58. The molecule has 3 aliphatic carbocycles. The van der Waals surface area contributed by atoms with Crippen LogP contribution in [-0.4, -0.2) is 24.4 Å². The van der Waals surface area contributed by atoms with Gasteiger partial charge in [0.15, 0.2) is 0 Å². The predicted octanol–water partition coefficient (Wildman–Crippen LogP) is 4.92. The monoisotopic (exact) mass is 526 g/mol. The predicted molar refractivity (Wildman–Crippen MR) is 136 cm³/mol. The van der Waals surface area contributed by atoms with Gasteiger partial charge in [0.05, 0.1) is 34.7 Å². The number of nitrogens with zero attached hydrogens (tertiary/aromatic N) is 3. The molecular weight excluding hydrogens is 500 g/mol. The van der Waals surface area contributed by atoms with Crippen molar-refractivity contribution in [2.24, 2.45) is 12.5 Å². The fourth-order valence-electron chi connectivity index (χ4n) is 5.85. The van der Waals surface area contributed by atoms with Crippen LogP contribution in [0.15, 0.2) is 63.8 Å². The van der Waals surface area contributed by atoms with E-state index in [1.165, 1.54) is 12.1 Å². The molecule has 1 aromatic carbocycles. The zero-order valence-electron chi connectivity index (χ0n) is 18.6. The molecule has 1 aromatic heterocycles. The van der Waals surface area contributed by atoms with Crippen molar-refractivity contribution >= 4 is 33.6 Å². The van der Waals surface area contributed by atoms with E-state index >= 15 is 0 Å². The van der Waals surface area contributed by atoms with Crippen molar-refractivity contribution < 1.29 is 5.11 Å². The van der Waals surface area contributed by atoms with E-state index in [1.54, 1.807) is 0 Å². The molecule has 0 radical (unpaired) electrons. The fraction of sp³-hybridized carbons (Fsp3) is 0.400. The lowest BCUT2D eigenvalue weighted by Gasteiger charge is -2.51. The minimum Gasteiger partial charge on any atom is -0.390 e. The van der Waals surface area contributed by atoms with E-state index in [9.17, 15) is 9.90 Å². The van der Waals surface area contributed by atoms with Gasteiger partial charge in [0.25, 0.3) is 5.56 Å². The molecular formula is C25H27BrN4O2S. The van der Waals surface area contributed by atoms with Gasteiger partial charge < -0.3 is 9.83 Å². The summed E-state index contributed by atoms with van der Waals surface area (Å²) in [5, 5.41) is 10.7. The first kappa shape index (κ1) is 21.4. The number of nitrogens with one attached hydrogen (secondary N) is 1. The summed E-state index contributed by atoms with van der Waals surface area (Å²) < 4.78 is 10.2. The van der Waals surface area contributed by atoms with Crippen LogP contribution < -0.4 is 10.3 Å². The number of allylic oxidation sites excluding steroid dienone is 3. The molecule has 2 N–H and O–H groups in total. The average molecular weight is 527 g/mol. The van der Waals surface area contributed by atoms with Gasteiger partial charge in [-0.3, -0.25) is 13.8 Å². The number of aliphatic hydroxyl groups is 1. The van der Waals surface area contributed by atoms with Gasteiger partial charge in [-0.05, 0) is 73.8 Å². The molecule has 5 aliphatic rings. The molecule has 2 aliphatic heterocycles. The number of halogens is 1. The summed E-state index contributed by atoms with van der Waals surface area (Å²) in [6.45, 7) is 0.697. The SMILES string of the molecule is Cn1c(C2=CC3=CNSN3C=C2)c(-c2cccc(Br)c2)c(=O)n1CC12CCC(O)(CC1)CC2. The van der Waals surface area contributed by atoms with Crippen LogP contribution in [0.3, 0.4) is 0 Å². The van der Waals surface area contributed by atoms with E-state index in [1.807, 2.05) is 48.4 Å². The quantitative estimate of drug-likeness (QED) is 0.553. The molecule has 2 bridgehead atoms. The number of hydrogen-bond acceptors (Lipinski definition) is 5. The molecule has 3 heterocycles. The first-order chi connectivity index (χ1) is 15.9. The third-order valence-electron chi connectivity index (χ3n) is 7.91. The Balaban J connectivity index is 1.49. The van der Waals surface area contributed by atoms with E-state index in [0.717, 1.165) is 71.1 Å². The Morgan fingerprint density at radius 2 is 1.94 bits per heavy atom. The van der Waals surface area contributed by atoms with Gasteiger partial charge in [-0.15, -0.1) is 0 Å². The number of rotatable bonds is 4. The van der Waals surface area contributed by atoms with Gasteiger partial charge in [0.2, 0.25) is 0 Å². The Bertz CT molecular complexity index is 1260. The lowest BCUT2D eigenvalue weighted by Crippen LogP contribution is -2.48. The molecule has 172 valence electrons. The van der Waals surface area contributed by atoms with Crippen LogP contribution in [0.5, 0.6) is 0 Å². The summed E-state index contributed by atoms with van der Waals surface area (Å²) in [4.78, 5) is 14.0. The first-order valence-electron chi connectivity index (χ1n) is 11.5. The lowest BCUT2D eigenvalue weighted by molar-refractivity contribution is -0.0987. The van der Waals surface area contributed by atoms with Crippen LogP contribution in [0.25, 0.3) is 16.7 Å². The summed E-state index contributed by atoms with van der Waals surface area (Å²) in [5.41, 5.74) is 4.35. The summed E-state index contributed by atoms with van der Waals surface area (Å²) in [6, 6.07) is 8.00. The highest BCUT2D eigenvalue weighted by Gasteiger charge is 2.48. The summed E-state index contributed by atoms with van der Waals surface area (Å²) in [5.74, 6) is 0. The maximum atomic E-state index is 14.0. The minimum absolute atomic E-state index is 0.0519. The van der Waals surface area contributed by atoms with Gasteiger partial charge >= 0.3 is 0 Å². The second-order valence-corrected chi connectivity index (χ2v) is 11.6. The first-order valence-corrected chi connectivity index (χ1v) is 13.0. The van der Waals surface area contributed by atoms with Gasteiger partial charge in [-0.2, -0.15) is 0 Å². The molecule has 3 fully saturated rings. The van der Waals surface area contributed by atoms with E-state index < -0.39 is 5.60 Å². The summed E-state index contributed by atoms with van der Waals surface area (Å²) in [7, 11) is 2.01. The van der Waals surface area contributed by atoms with Gasteiger partial charge in [0, 0.05) is 36.0 Å². The largest absolute Gasteiger partial charge is 0.390 e. The maximum absolute atomic E-state index is 14.0. The summed E-state index contributed by atoms with van der Waals surface area (Å²) >= 11 is 5.11. The van der Waals surface area contributed by atoms with Crippen LogP contribution in [0.4, 0.5) is 0 Å². The minimum atomic E-state index is -0.474. The number of fused-ring (bicyclic) bond motifs is 4. The molecule has 3 saturated carbocycles. The van der Waals surface area contributed by atoms with Gasteiger partial charge in [-0.1, -0.05) is 28.1 Å². The normalized spacial score (nSPS) is 27.9. The zero-order chi connectivity index (χ0) is 22.8. The van der Waals surface area contributed by atoms with Crippen LogP contribution >= 0.6 is 28.1 Å². The third kappa shape index (κ3) is 3.54. The van der Waals surface area contributed by atoms with Crippen molar-refractivity contribution in [1.29, 1.82) is 0 Å². The van der Waals surface area contributed by atoms with Crippen molar-refractivity contribution in [3.8, 4) is 11.1 Å². The van der Waals surface area contributed by atoms with E-state index in [2.05, 4.69) is 41.8 Å². The van der Waals surface area contributed by atoms with Crippen molar-refractivity contribution in [3.63, 3.8) is 0 Å². The highest BCUT2D eigenvalue weighted by molar-refractivity contribution is 9.10. The third-order valence-corrected chi connectivity index (χ3v) is 9.16. The zero-order valence-corrected chi connectivity index (χ0v) is 21.0. The van der Waals surface area contributed by atoms with E-state index in [4.69, 9.17) is 0 Å². The topological polar surface area (TPSA) is 62.4 Å². The highest BCUT2D eigenvalue weighted by Crippen LogP contribution is 2.53. The smallest absolute Gasteiger partial charge is 0.275 e. The molecule has 0 saturated heterocycles. The Kier molecular flexibility index (Phi) is 4.98. The molecule has 0 atom stereocenters. The molecule has 6 nitrogen and oxygen atoms in total. The van der Waals surface area contributed by atoms with Crippen LogP contribution in [0.2, 0.25) is 0 Å². The van der Waals surface area contributed by atoms with Crippen molar-refractivity contribution in [3.05, 3.63) is 75.0 Å². The van der Waals surface area contributed by atoms with Crippen molar-refractivity contribution in [2.75, 3.05) is 0 Å². The van der Waals surface area contributed by atoms with Crippen LogP contribution in [-0.2, 0) is 13.6 Å². The van der Waals surface area contributed by atoms with E-state index in [0.29, 0.717) is 6.54 Å². The number of hydrogen-bond donors (Lipinski definition) is 2. The highest BCUT2D eigenvalue weighted by atomic mass is 79.9. The van der Waals surface area contributed by atoms with Gasteiger partial charge in [0.1, 0.15) is 0 Å². The average Bonchev–Trinajstić information content (AvgIpc) is 3.38. The fourth-order valence-corrected chi connectivity index (χ4v) is 6.86. The Morgan fingerprint density at radius 3 is 2.67 bits per heavy atom. The van der Waals surface area contributed by atoms with Crippen LogP contribution in [0, 0.1) is 5.41 Å². The number of benzene rings is 1. The van der Waals surface area contributed by atoms with Crippen molar-refractivity contribution in [1.82, 2.24) is 18.4 Å². The molecule has 0 unspecified atom stereocenters. The van der Waals surface area contributed by atoms with Gasteiger partial charge in [-0.25, -0.2) is 4.68 Å². The molecule has 8 heteroatoms. The molecule has 0 spiro atoms. The molecule has 2 aromatic rings. The van der Waals surface area contributed by atoms with Crippen LogP contribution in [0.1, 0.15) is 44.2 Å². The Morgan fingerprint density at radius 1 is 1.18 bits per heavy atom. The number of aromatic nitrogens is 2. The van der Waals surface area contributed by atoms with Crippen molar-refractivity contribution in [2.45, 2.75) is 50.7 Å². The Hall–Kier alpha value is -2.16. The molecule has 33 heavy (non-hydrogen) atoms. The molecule has 0 amide bonds. The second-order valence-electron chi connectivity index (χ2n) is 9.86. The Labute approximate surface area is 206 Å². The van der Waals surface area contributed by atoms with E-state index in [-0.39, 0.29) is 11.0 Å². The maximum Gasteiger partial charge on any atom is 0.275 e. The molecule has 7 rings (SSSR count).